The Bertz CT molecular complexity index is 259. The molecule has 86 valence electrons. The van der Waals surface area contributed by atoms with Crippen LogP contribution >= 0.6 is 0 Å². The van der Waals surface area contributed by atoms with Crippen molar-refractivity contribution in [2.24, 2.45) is 11.1 Å². The topological polar surface area (TPSA) is 55.1 Å². The van der Waals surface area contributed by atoms with E-state index in [0.29, 0.717) is 11.5 Å². The molecule has 1 amide bonds. The maximum absolute atomic E-state index is 11.7. The molecule has 3 heteroatoms. The Labute approximate surface area is 91.8 Å². The standard InChI is InChI=1S/C12H22N2O/c1-11(2)5-3-9(4-6-11)14-10(15)12(13)7-8-12/h9H,3-8,13H2,1-2H3,(H,14,15). The number of nitrogens with one attached hydrogen (secondary N) is 1. The van der Waals surface area contributed by atoms with Crippen molar-refractivity contribution >= 4 is 5.91 Å². The monoisotopic (exact) mass is 210 g/mol. The van der Waals surface area contributed by atoms with E-state index in [9.17, 15) is 4.79 Å². The van der Waals surface area contributed by atoms with Gasteiger partial charge >= 0.3 is 0 Å². The Kier molecular flexibility index (Phi) is 2.53. The normalized spacial score (nSPS) is 28.5. The first-order valence-electron chi connectivity index (χ1n) is 6.01. The fourth-order valence-electron chi connectivity index (χ4n) is 2.23. The Hall–Kier alpha value is -0.570. The van der Waals surface area contributed by atoms with Gasteiger partial charge in [-0.25, -0.2) is 0 Å². The lowest BCUT2D eigenvalue weighted by Crippen LogP contribution is -2.48. The lowest BCUT2D eigenvalue weighted by molar-refractivity contribution is -0.124. The average molecular weight is 210 g/mol. The van der Waals surface area contributed by atoms with Crippen LogP contribution in [0.3, 0.4) is 0 Å². The van der Waals surface area contributed by atoms with Crippen LogP contribution in [-0.4, -0.2) is 17.5 Å². The summed E-state index contributed by atoms with van der Waals surface area (Å²) in [5.41, 5.74) is 5.80. The number of hydrogen-bond donors (Lipinski definition) is 2. The smallest absolute Gasteiger partial charge is 0.240 e. The van der Waals surface area contributed by atoms with Crippen LogP contribution in [0.15, 0.2) is 0 Å². The van der Waals surface area contributed by atoms with E-state index < -0.39 is 5.54 Å². The number of nitrogens with two attached hydrogens (primary N) is 1. The summed E-state index contributed by atoms with van der Waals surface area (Å²) in [5, 5.41) is 3.10. The summed E-state index contributed by atoms with van der Waals surface area (Å²) in [6.45, 7) is 4.60. The second-order valence-corrected chi connectivity index (χ2v) is 6.07. The minimum atomic E-state index is -0.507. The van der Waals surface area contributed by atoms with E-state index in [2.05, 4.69) is 19.2 Å². The maximum Gasteiger partial charge on any atom is 0.240 e. The maximum atomic E-state index is 11.7. The minimum absolute atomic E-state index is 0.0761. The first kappa shape index (κ1) is 10.9. The fourth-order valence-corrected chi connectivity index (χ4v) is 2.23. The number of carbonyl (C=O) groups excluding carboxylic acids is 1. The number of hydrogen-bond acceptors (Lipinski definition) is 2. The van der Waals surface area contributed by atoms with Gasteiger partial charge in [-0.3, -0.25) is 4.79 Å². The molecule has 2 rings (SSSR count). The summed E-state index contributed by atoms with van der Waals surface area (Å²) in [7, 11) is 0. The Balaban J connectivity index is 1.79. The highest BCUT2D eigenvalue weighted by Gasteiger charge is 2.46. The molecule has 15 heavy (non-hydrogen) atoms. The van der Waals surface area contributed by atoms with Gasteiger partial charge in [0.1, 0.15) is 0 Å². The van der Waals surface area contributed by atoms with Gasteiger partial charge in [0.05, 0.1) is 5.54 Å². The van der Waals surface area contributed by atoms with Crippen LogP contribution in [0, 0.1) is 5.41 Å². The molecule has 2 fully saturated rings. The predicted octanol–water partition coefficient (Wildman–Crippen LogP) is 1.56. The molecule has 0 unspecified atom stereocenters. The van der Waals surface area contributed by atoms with Crippen LogP contribution in [0.5, 0.6) is 0 Å². The summed E-state index contributed by atoms with van der Waals surface area (Å²) < 4.78 is 0. The zero-order valence-corrected chi connectivity index (χ0v) is 9.81. The van der Waals surface area contributed by atoms with Crippen LogP contribution in [0.2, 0.25) is 0 Å². The molecule has 0 aromatic heterocycles. The molecule has 2 aliphatic carbocycles. The third-order valence-electron chi connectivity index (χ3n) is 3.92. The van der Waals surface area contributed by atoms with Gasteiger partial charge in [0.15, 0.2) is 0 Å². The highest BCUT2D eigenvalue weighted by Crippen LogP contribution is 2.36. The van der Waals surface area contributed by atoms with Gasteiger partial charge in [-0.15, -0.1) is 0 Å². The molecule has 0 saturated heterocycles. The molecule has 0 atom stereocenters. The number of carbonyl (C=O) groups is 1. The van der Waals surface area contributed by atoms with Gasteiger partial charge in [0.2, 0.25) is 5.91 Å². The van der Waals surface area contributed by atoms with Gasteiger partial charge in [-0.1, -0.05) is 13.8 Å². The van der Waals surface area contributed by atoms with Gasteiger partial charge in [-0.2, -0.15) is 0 Å². The van der Waals surface area contributed by atoms with E-state index in [-0.39, 0.29) is 5.91 Å². The molecule has 0 heterocycles. The fraction of sp³-hybridized carbons (Fsp3) is 0.917. The zero-order valence-electron chi connectivity index (χ0n) is 9.81. The molecule has 0 spiro atoms. The van der Waals surface area contributed by atoms with Gasteiger partial charge in [0, 0.05) is 6.04 Å². The summed E-state index contributed by atoms with van der Waals surface area (Å²) >= 11 is 0. The molecule has 3 nitrogen and oxygen atoms in total. The molecular weight excluding hydrogens is 188 g/mol. The minimum Gasteiger partial charge on any atom is -0.352 e. The number of rotatable bonds is 2. The second-order valence-electron chi connectivity index (χ2n) is 6.07. The summed E-state index contributed by atoms with van der Waals surface area (Å²) in [4.78, 5) is 11.7. The number of amides is 1. The van der Waals surface area contributed by atoms with Crippen molar-refractivity contribution in [1.82, 2.24) is 5.32 Å². The molecule has 3 N–H and O–H groups in total. The third-order valence-corrected chi connectivity index (χ3v) is 3.92. The summed E-state index contributed by atoms with van der Waals surface area (Å²) in [6.07, 6.45) is 6.34. The molecule has 0 aromatic rings. The first-order chi connectivity index (χ1) is 6.91. The van der Waals surface area contributed by atoms with Crippen LogP contribution in [0.25, 0.3) is 0 Å². The van der Waals surface area contributed by atoms with Crippen LogP contribution in [-0.2, 0) is 4.79 Å². The molecule has 0 bridgehead atoms. The zero-order chi connectivity index (χ0) is 11.1. The van der Waals surface area contributed by atoms with Gasteiger partial charge < -0.3 is 11.1 Å². The summed E-state index contributed by atoms with van der Waals surface area (Å²) in [6, 6.07) is 0.367. The van der Waals surface area contributed by atoms with Gasteiger partial charge in [-0.05, 0) is 43.9 Å². The SMILES string of the molecule is CC1(C)CCC(NC(=O)C2(N)CC2)CC1. The van der Waals surface area contributed by atoms with Crippen molar-refractivity contribution in [3.8, 4) is 0 Å². The van der Waals surface area contributed by atoms with Gasteiger partial charge in [0.25, 0.3) is 0 Å². The van der Waals surface area contributed by atoms with Crippen LogP contribution in [0.4, 0.5) is 0 Å². The molecule has 2 aliphatic rings. The van der Waals surface area contributed by atoms with E-state index in [1.54, 1.807) is 0 Å². The highest BCUT2D eigenvalue weighted by molar-refractivity contribution is 5.89. The molecular formula is C12H22N2O. The van der Waals surface area contributed by atoms with Crippen molar-refractivity contribution < 1.29 is 4.79 Å². The molecule has 0 aromatic carbocycles. The van der Waals surface area contributed by atoms with E-state index in [0.717, 1.165) is 25.7 Å². The van der Waals surface area contributed by atoms with E-state index >= 15 is 0 Å². The Morgan fingerprint density at radius 1 is 1.20 bits per heavy atom. The quantitative estimate of drug-likeness (QED) is 0.726. The van der Waals surface area contributed by atoms with Crippen molar-refractivity contribution in [2.45, 2.75) is 64.0 Å². The summed E-state index contributed by atoms with van der Waals surface area (Å²) in [5.74, 6) is 0.0761. The van der Waals surface area contributed by atoms with Crippen molar-refractivity contribution in [2.75, 3.05) is 0 Å². The van der Waals surface area contributed by atoms with Crippen molar-refractivity contribution in [3.63, 3.8) is 0 Å². The largest absolute Gasteiger partial charge is 0.352 e. The molecule has 0 radical (unpaired) electrons. The van der Waals surface area contributed by atoms with E-state index in [1.165, 1.54) is 12.8 Å². The average Bonchev–Trinajstić information content (AvgIpc) is 2.89. The Morgan fingerprint density at radius 2 is 1.73 bits per heavy atom. The molecule has 0 aliphatic heterocycles. The highest BCUT2D eigenvalue weighted by atomic mass is 16.2. The van der Waals surface area contributed by atoms with E-state index in [1.807, 2.05) is 0 Å². The van der Waals surface area contributed by atoms with Crippen molar-refractivity contribution in [3.05, 3.63) is 0 Å². The predicted molar refractivity (Wildman–Crippen MR) is 60.3 cm³/mol. The molecule has 2 saturated carbocycles. The third kappa shape index (κ3) is 2.51. The van der Waals surface area contributed by atoms with Crippen molar-refractivity contribution in [1.29, 1.82) is 0 Å². The lowest BCUT2D eigenvalue weighted by atomic mass is 9.75. The lowest BCUT2D eigenvalue weighted by Gasteiger charge is -2.35. The van der Waals surface area contributed by atoms with E-state index in [4.69, 9.17) is 5.73 Å². The van der Waals surface area contributed by atoms with Crippen LogP contribution in [0.1, 0.15) is 52.4 Å². The Morgan fingerprint density at radius 3 is 2.20 bits per heavy atom. The second kappa shape index (κ2) is 3.48. The van der Waals surface area contributed by atoms with Crippen LogP contribution < -0.4 is 11.1 Å². The first-order valence-corrected chi connectivity index (χ1v) is 6.01.